The fourth-order valence-corrected chi connectivity index (χ4v) is 4.32. The number of nitrogens with one attached hydrogen (secondary N) is 1. The van der Waals surface area contributed by atoms with Crippen molar-refractivity contribution in [3.63, 3.8) is 0 Å². The maximum absolute atomic E-state index is 13.9. The Balaban J connectivity index is 1.78. The summed E-state index contributed by atoms with van der Waals surface area (Å²) in [4.78, 5) is 29.3. The van der Waals surface area contributed by atoms with E-state index in [0.717, 1.165) is 28.9 Å². The van der Waals surface area contributed by atoms with Crippen molar-refractivity contribution in [1.29, 1.82) is 0 Å². The summed E-state index contributed by atoms with van der Waals surface area (Å²) in [6, 6.07) is 19.5. The number of hydrogen-bond acceptors (Lipinski definition) is 3. The lowest BCUT2D eigenvalue weighted by Crippen LogP contribution is -2.64. The van der Waals surface area contributed by atoms with Crippen molar-refractivity contribution in [2.24, 2.45) is 0 Å². The third kappa shape index (κ3) is 4.17. The molecule has 0 aliphatic carbocycles. The Morgan fingerprint density at radius 2 is 1.76 bits per heavy atom. The van der Waals surface area contributed by atoms with Gasteiger partial charge in [0.2, 0.25) is 5.91 Å². The zero-order valence-electron chi connectivity index (χ0n) is 20.1. The van der Waals surface area contributed by atoms with Crippen LogP contribution in [0.1, 0.15) is 61.9 Å². The number of benzene rings is 2. The molecule has 1 unspecified atom stereocenters. The lowest BCUT2D eigenvalue weighted by Gasteiger charge is -2.43. The molecule has 1 aliphatic heterocycles. The van der Waals surface area contributed by atoms with Crippen LogP contribution in [0.5, 0.6) is 0 Å². The van der Waals surface area contributed by atoms with E-state index in [4.69, 9.17) is 5.10 Å². The van der Waals surface area contributed by atoms with Gasteiger partial charge in [-0.15, -0.1) is 0 Å². The summed E-state index contributed by atoms with van der Waals surface area (Å²) < 4.78 is 1.70. The number of fused-ring (bicyclic) bond motifs is 1. The molecule has 1 atom stereocenters. The minimum absolute atomic E-state index is 0.205. The van der Waals surface area contributed by atoms with E-state index in [1.807, 2.05) is 67.6 Å². The molecular formula is C27H32N4O2. The van der Waals surface area contributed by atoms with Gasteiger partial charge in [0.1, 0.15) is 11.2 Å². The van der Waals surface area contributed by atoms with Gasteiger partial charge in [0.05, 0.1) is 12.2 Å². The van der Waals surface area contributed by atoms with E-state index in [9.17, 15) is 9.59 Å². The van der Waals surface area contributed by atoms with E-state index in [1.54, 1.807) is 9.58 Å². The Labute approximate surface area is 195 Å². The Bertz CT molecular complexity index is 1180. The molecule has 0 bridgehead atoms. The maximum atomic E-state index is 13.9. The average Bonchev–Trinajstić information content (AvgIpc) is 3.23. The molecular weight excluding hydrogens is 412 g/mol. The van der Waals surface area contributed by atoms with Crippen LogP contribution in [0.15, 0.2) is 60.7 Å². The highest BCUT2D eigenvalue weighted by molar-refractivity contribution is 6.12. The van der Waals surface area contributed by atoms with E-state index < -0.39 is 5.54 Å². The SMILES string of the molecule is CCc1ccccc1N1C(=O)c2cc(C(C)(C)C)nn2CC1(C)C(=O)NCc1ccccc1. The second kappa shape index (κ2) is 8.50. The number of aromatic nitrogens is 2. The molecule has 6 nitrogen and oxygen atoms in total. The zero-order valence-corrected chi connectivity index (χ0v) is 20.1. The second-order valence-corrected chi connectivity index (χ2v) is 9.89. The molecule has 0 radical (unpaired) electrons. The summed E-state index contributed by atoms with van der Waals surface area (Å²) in [5, 5.41) is 7.79. The topological polar surface area (TPSA) is 67.2 Å². The first-order chi connectivity index (χ1) is 15.6. The van der Waals surface area contributed by atoms with Gasteiger partial charge in [0, 0.05) is 17.6 Å². The molecule has 1 N–H and O–H groups in total. The molecule has 3 aromatic rings. The van der Waals surface area contributed by atoms with Crippen LogP contribution in [0.4, 0.5) is 5.69 Å². The molecule has 1 aromatic heterocycles. The molecule has 172 valence electrons. The molecule has 0 saturated heterocycles. The molecule has 6 heteroatoms. The number of carbonyl (C=O) groups is 2. The second-order valence-electron chi connectivity index (χ2n) is 9.89. The predicted octanol–water partition coefficient (Wildman–Crippen LogP) is 4.48. The van der Waals surface area contributed by atoms with Crippen LogP contribution in [-0.2, 0) is 29.7 Å². The van der Waals surface area contributed by atoms with Crippen molar-refractivity contribution in [2.75, 3.05) is 4.90 Å². The monoisotopic (exact) mass is 444 g/mol. The smallest absolute Gasteiger partial charge is 0.277 e. The third-order valence-electron chi connectivity index (χ3n) is 6.32. The Morgan fingerprint density at radius 3 is 2.42 bits per heavy atom. The van der Waals surface area contributed by atoms with Gasteiger partial charge in [0.25, 0.3) is 5.91 Å². The molecule has 1 aliphatic rings. The normalized spacial score (nSPS) is 18.2. The minimum atomic E-state index is -1.13. The summed E-state index contributed by atoms with van der Waals surface area (Å²) in [6.07, 6.45) is 0.758. The molecule has 0 fully saturated rings. The Hall–Kier alpha value is -3.41. The van der Waals surface area contributed by atoms with Gasteiger partial charge in [0.15, 0.2) is 0 Å². The summed E-state index contributed by atoms with van der Waals surface area (Å²) in [6.45, 7) is 10.8. The van der Waals surface area contributed by atoms with E-state index in [1.165, 1.54) is 0 Å². The highest BCUT2D eigenvalue weighted by Gasteiger charge is 2.49. The zero-order chi connectivity index (χ0) is 23.8. The summed E-state index contributed by atoms with van der Waals surface area (Å²) in [7, 11) is 0. The first kappa shape index (κ1) is 22.8. The van der Waals surface area contributed by atoms with Crippen molar-refractivity contribution in [1.82, 2.24) is 15.1 Å². The molecule has 0 spiro atoms. The van der Waals surface area contributed by atoms with Crippen LogP contribution in [-0.4, -0.2) is 27.1 Å². The maximum Gasteiger partial charge on any atom is 0.277 e. The van der Waals surface area contributed by atoms with Gasteiger partial charge in [-0.05, 0) is 36.6 Å². The number of carbonyl (C=O) groups excluding carboxylic acids is 2. The first-order valence-electron chi connectivity index (χ1n) is 11.5. The first-order valence-corrected chi connectivity index (χ1v) is 11.5. The lowest BCUT2D eigenvalue weighted by atomic mass is 9.91. The number of amides is 2. The minimum Gasteiger partial charge on any atom is -0.350 e. The number of aryl methyl sites for hydroxylation is 1. The number of rotatable bonds is 5. The van der Waals surface area contributed by atoms with Crippen LogP contribution in [0, 0.1) is 0 Å². The largest absolute Gasteiger partial charge is 0.350 e. The summed E-state index contributed by atoms with van der Waals surface area (Å²) in [5.41, 5.74) is 2.81. The van der Waals surface area contributed by atoms with Gasteiger partial charge in [-0.25, -0.2) is 0 Å². The number of para-hydroxylation sites is 1. The van der Waals surface area contributed by atoms with Gasteiger partial charge in [-0.2, -0.15) is 5.10 Å². The summed E-state index contributed by atoms with van der Waals surface area (Å²) >= 11 is 0. The van der Waals surface area contributed by atoms with E-state index in [0.29, 0.717) is 12.2 Å². The molecule has 33 heavy (non-hydrogen) atoms. The van der Waals surface area contributed by atoms with Crippen molar-refractivity contribution < 1.29 is 9.59 Å². The van der Waals surface area contributed by atoms with Crippen molar-refractivity contribution in [3.05, 3.63) is 83.2 Å². The number of hydrogen-bond donors (Lipinski definition) is 1. The highest BCUT2D eigenvalue weighted by atomic mass is 16.2. The van der Waals surface area contributed by atoms with Gasteiger partial charge < -0.3 is 5.32 Å². The highest BCUT2D eigenvalue weighted by Crippen LogP contribution is 2.36. The molecule has 2 aromatic carbocycles. The van der Waals surface area contributed by atoms with Gasteiger partial charge in [-0.1, -0.05) is 76.2 Å². The third-order valence-corrected chi connectivity index (χ3v) is 6.32. The fourth-order valence-electron chi connectivity index (χ4n) is 4.32. The molecule has 4 rings (SSSR count). The number of anilines is 1. The fraction of sp³-hybridized carbons (Fsp3) is 0.370. The Morgan fingerprint density at radius 1 is 1.09 bits per heavy atom. The van der Waals surface area contributed by atoms with Crippen molar-refractivity contribution in [3.8, 4) is 0 Å². The lowest BCUT2D eigenvalue weighted by molar-refractivity contribution is -0.126. The van der Waals surface area contributed by atoms with Crippen LogP contribution in [0.3, 0.4) is 0 Å². The molecule has 2 heterocycles. The Kier molecular flexibility index (Phi) is 5.87. The van der Waals surface area contributed by atoms with E-state index >= 15 is 0 Å². The van der Waals surface area contributed by atoms with Crippen LogP contribution in [0.25, 0.3) is 0 Å². The van der Waals surface area contributed by atoms with Gasteiger partial charge >= 0.3 is 0 Å². The number of nitrogens with zero attached hydrogens (tertiary/aromatic N) is 3. The molecule has 2 amide bonds. The van der Waals surface area contributed by atoms with Crippen molar-refractivity contribution in [2.45, 2.75) is 65.1 Å². The predicted molar refractivity (Wildman–Crippen MR) is 130 cm³/mol. The van der Waals surface area contributed by atoms with Crippen molar-refractivity contribution >= 4 is 17.5 Å². The standard InChI is InChI=1S/C27H32N4O2/c1-6-20-14-10-11-15-21(20)31-24(32)22-16-23(26(2,3)4)29-30(22)18-27(31,5)25(33)28-17-19-12-8-7-9-13-19/h7-16H,6,17-18H2,1-5H3,(H,28,33). The van der Waals surface area contributed by atoms with Crippen LogP contribution < -0.4 is 10.2 Å². The van der Waals surface area contributed by atoms with Crippen LogP contribution in [0.2, 0.25) is 0 Å². The summed E-state index contributed by atoms with van der Waals surface area (Å²) in [5.74, 6) is -0.411. The van der Waals surface area contributed by atoms with Crippen LogP contribution >= 0.6 is 0 Å². The molecule has 0 saturated carbocycles. The van der Waals surface area contributed by atoms with E-state index in [-0.39, 0.29) is 23.8 Å². The van der Waals surface area contributed by atoms with E-state index in [2.05, 4.69) is 33.0 Å². The quantitative estimate of drug-likeness (QED) is 0.631. The average molecular weight is 445 g/mol. The van der Waals surface area contributed by atoms with Gasteiger partial charge in [-0.3, -0.25) is 19.2 Å².